The molecule has 29 heavy (non-hydrogen) atoms. The van der Waals surface area contributed by atoms with Gasteiger partial charge in [-0.15, -0.1) is 0 Å². The van der Waals surface area contributed by atoms with Crippen LogP contribution in [0.15, 0.2) is 47.0 Å². The zero-order chi connectivity index (χ0) is 19.4. The van der Waals surface area contributed by atoms with Crippen molar-refractivity contribution in [3.05, 3.63) is 48.3 Å². The fourth-order valence-corrected chi connectivity index (χ4v) is 4.32. The molecule has 0 amide bonds. The normalized spacial score (nSPS) is 15.0. The predicted octanol–water partition coefficient (Wildman–Crippen LogP) is 5.22. The minimum absolute atomic E-state index is 0.629. The number of nitrogens with zero attached hydrogens (tertiary/aromatic N) is 4. The summed E-state index contributed by atoms with van der Waals surface area (Å²) in [6.45, 7) is 3.95. The third-order valence-electron chi connectivity index (χ3n) is 5.79. The van der Waals surface area contributed by atoms with Gasteiger partial charge in [0, 0.05) is 41.4 Å². The Kier molecular flexibility index (Phi) is 3.59. The molecule has 0 atom stereocenters. The highest BCUT2D eigenvalue weighted by atomic mass is 16.3. The van der Waals surface area contributed by atoms with Gasteiger partial charge in [0.25, 0.3) is 0 Å². The maximum Gasteiger partial charge on any atom is 0.229 e. The third kappa shape index (κ3) is 2.59. The molecule has 1 saturated heterocycles. The first-order valence-electron chi connectivity index (χ1n) is 10.2. The van der Waals surface area contributed by atoms with E-state index in [9.17, 15) is 0 Å². The van der Waals surface area contributed by atoms with Crippen LogP contribution in [0.1, 0.15) is 25.0 Å². The molecule has 6 rings (SSSR count). The molecule has 0 saturated carbocycles. The van der Waals surface area contributed by atoms with Gasteiger partial charge in [0.2, 0.25) is 5.71 Å². The number of furan rings is 1. The van der Waals surface area contributed by atoms with Crippen molar-refractivity contribution in [3.8, 4) is 11.4 Å². The predicted molar refractivity (Wildman–Crippen MR) is 115 cm³/mol. The van der Waals surface area contributed by atoms with Crippen molar-refractivity contribution in [1.82, 2.24) is 19.9 Å². The lowest BCUT2D eigenvalue weighted by Crippen LogP contribution is -2.30. The molecule has 0 aliphatic carbocycles. The fourth-order valence-electron chi connectivity index (χ4n) is 4.32. The summed E-state index contributed by atoms with van der Waals surface area (Å²) >= 11 is 0. The number of fused-ring (bicyclic) bond motifs is 4. The summed E-state index contributed by atoms with van der Waals surface area (Å²) in [6.07, 6.45) is 5.57. The summed E-state index contributed by atoms with van der Waals surface area (Å²) in [5, 5.41) is 2.06. The van der Waals surface area contributed by atoms with Gasteiger partial charge in [0.1, 0.15) is 5.52 Å². The Morgan fingerprint density at radius 3 is 2.72 bits per heavy atom. The number of hydrogen-bond acceptors (Lipinski definition) is 5. The summed E-state index contributed by atoms with van der Waals surface area (Å²) in [5.74, 6) is 1.61. The second-order valence-corrected chi connectivity index (χ2v) is 7.75. The Labute approximate surface area is 167 Å². The molecule has 144 valence electrons. The molecular formula is C23H21N5O. The van der Waals surface area contributed by atoms with Crippen LogP contribution in [0.2, 0.25) is 0 Å². The van der Waals surface area contributed by atoms with Crippen LogP contribution in [0.3, 0.4) is 0 Å². The Balaban J connectivity index is 1.67. The molecule has 1 N–H and O–H groups in total. The van der Waals surface area contributed by atoms with Crippen LogP contribution >= 0.6 is 0 Å². The quantitative estimate of drug-likeness (QED) is 0.453. The second kappa shape index (κ2) is 6.30. The van der Waals surface area contributed by atoms with Gasteiger partial charge in [0.15, 0.2) is 17.2 Å². The van der Waals surface area contributed by atoms with E-state index in [0.717, 1.165) is 63.4 Å². The fraction of sp³-hybridized carbons (Fsp3) is 0.261. The van der Waals surface area contributed by atoms with Gasteiger partial charge in [-0.3, -0.25) is 0 Å². The number of H-pyrrole nitrogens is 1. The van der Waals surface area contributed by atoms with Crippen LogP contribution in [0.4, 0.5) is 5.82 Å². The number of rotatable bonds is 2. The number of aromatic nitrogens is 4. The first-order chi connectivity index (χ1) is 14.3. The molecule has 6 heteroatoms. The van der Waals surface area contributed by atoms with Crippen molar-refractivity contribution in [1.29, 1.82) is 0 Å². The van der Waals surface area contributed by atoms with Crippen molar-refractivity contribution in [2.75, 3.05) is 18.0 Å². The van der Waals surface area contributed by atoms with Gasteiger partial charge >= 0.3 is 0 Å². The summed E-state index contributed by atoms with van der Waals surface area (Å²) in [5.41, 5.74) is 5.25. The monoisotopic (exact) mass is 383 g/mol. The highest BCUT2D eigenvalue weighted by Gasteiger charge is 2.23. The maximum absolute atomic E-state index is 6.20. The average molecular weight is 383 g/mol. The maximum atomic E-state index is 6.20. The first-order valence-corrected chi connectivity index (χ1v) is 10.2. The minimum atomic E-state index is 0.629. The molecule has 1 fully saturated rings. The highest BCUT2D eigenvalue weighted by Crippen LogP contribution is 2.36. The molecule has 0 radical (unpaired) electrons. The van der Waals surface area contributed by atoms with Crippen molar-refractivity contribution < 1.29 is 4.42 Å². The van der Waals surface area contributed by atoms with Crippen molar-refractivity contribution in [2.24, 2.45) is 0 Å². The van der Waals surface area contributed by atoms with E-state index in [2.05, 4.69) is 39.1 Å². The van der Waals surface area contributed by atoms with Crippen LogP contribution < -0.4 is 4.90 Å². The highest BCUT2D eigenvalue weighted by molar-refractivity contribution is 6.06. The Morgan fingerprint density at radius 2 is 1.83 bits per heavy atom. The number of nitrogens with one attached hydrogen (secondary N) is 1. The van der Waals surface area contributed by atoms with Gasteiger partial charge in [-0.05, 0) is 50.5 Å². The summed E-state index contributed by atoms with van der Waals surface area (Å²) in [6, 6.07) is 12.3. The molecule has 0 spiro atoms. The molecule has 1 aliphatic heterocycles. The van der Waals surface area contributed by atoms with Crippen LogP contribution in [0.25, 0.3) is 44.5 Å². The smallest absolute Gasteiger partial charge is 0.229 e. The molecule has 4 aromatic heterocycles. The van der Waals surface area contributed by atoms with Crippen molar-refractivity contribution in [2.45, 2.75) is 26.2 Å². The molecule has 5 aromatic rings. The van der Waals surface area contributed by atoms with Gasteiger partial charge in [-0.25, -0.2) is 15.0 Å². The zero-order valence-corrected chi connectivity index (χ0v) is 16.3. The lowest BCUT2D eigenvalue weighted by molar-refractivity contribution is 0.568. The van der Waals surface area contributed by atoms with Crippen LogP contribution in [-0.4, -0.2) is 33.0 Å². The molecule has 1 aliphatic rings. The summed E-state index contributed by atoms with van der Waals surface area (Å²) < 4.78 is 6.20. The van der Waals surface area contributed by atoms with E-state index in [4.69, 9.17) is 14.4 Å². The molecule has 5 heterocycles. The SMILES string of the molecule is Cc1ccc2c(n1)oc1c(N3CCCCC3)nc(-c3cccc4[nH]ccc34)nc12. The molecule has 0 unspecified atom stereocenters. The summed E-state index contributed by atoms with van der Waals surface area (Å²) in [4.78, 5) is 20.2. The van der Waals surface area contributed by atoms with E-state index < -0.39 is 0 Å². The molecular weight excluding hydrogens is 362 g/mol. The number of anilines is 1. The average Bonchev–Trinajstić information content (AvgIpc) is 3.37. The number of aromatic amines is 1. The van der Waals surface area contributed by atoms with Gasteiger partial charge in [-0.1, -0.05) is 12.1 Å². The number of piperidine rings is 1. The lowest BCUT2D eigenvalue weighted by Gasteiger charge is -2.27. The Bertz CT molecular complexity index is 1360. The van der Waals surface area contributed by atoms with Crippen molar-refractivity contribution in [3.63, 3.8) is 0 Å². The van der Waals surface area contributed by atoms with E-state index in [1.807, 2.05) is 25.3 Å². The first kappa shape index (κ1) is 16.5. The number of benzene rings is 1. The Hall–Kier alpha value is -3.41. The van der Waals surface area contributed by atoms with Crippen LogP contribution in [0.5, 0.6) is 0 Å². The standard InChI is InChI=1S/C23H21N5O/c1-14-8-9-17-19-20(29-23(17)25-14)22(28-12-3-2-4-13-28)27-21(26-19)16-6-5-7-18-15(16)10-11-24-18/h5-11,24H,2-4,12-13H2,1H3. The number of pyridine rings is 1. The van der Waals surface area contributed by atoms with Crippen LogP contribution in [0, 0.1) is 6.92 Å². The Morgan fingerprint density at radius 1 is 0.931 bits per heavy atom. The van der Waals surface area contributed by atoms with Gasteiger partial charge < -0.3 is 14.3 Å². The third-order valence-corrected chi connectivity index (χ3v) is 5.79. The topological polar surface area (TPSA) is 70.8 Å². The van der Waals surface area contributed by atoms with E-state index in [-0.39, 0.29) is 0 Å². The van der Waals surface area contributed by atoms with Gasteiger partial charge in [0.05, 0.1) is 5.39 Å². The van der Waals surface area contributed by atoms with E-state index >= 15 is 0 Å². The number of aryl methyl sites for hydroxylation is 1. The largest absolute Gasteiger partial charge is 0.432 e. The van der Waals surface area contributed by atoms with E-state index in [1.54, 1.807) is 0 Å². The van der Waals surface area contributed by atoms with E-state index in [1.165, 1.54) is 19.3 Å². The molecule has 6 nitrogen and oxygen atoms in total. The zero-order valence-electron chi connectivity index (χ0n) is 16.3. The lowest BCUT2D eigenvalue weighted by atomic mass is 10.1. The number of hydrogen-bond donors (Lipinski definition) is 1. The molecule has 1 aromatic carbocycles. The van der Waals surface area contributed by atoms with E-state index in [0.29, 0.717) is 5.71 Å². The minimum Gasteiger partial charge on any atom is -0.432 e. The van der Waals surface area contributed by atoms with Gasteiger partial charge in [-0.2, -0.15) is 0 Å². The van der Waals surface area contributed by atoms with Crippen LogP contribution in [-0.2, 0) is 0 Å². The summed E-state index contributed by atoms with van der Waals surface area (Å²) in [7, 11) is 0. The second-order valence-electron chi connectivity index (χ2n) is 7.75. The molecule has 0 bridgehead atoms. The van der Waals surface area contributed by atoms with Crippen molar-refractivity contribution >= 4 is 38.9 Å².